The second-order valence-corrected chi connectivity index (χ2v) is 6.57. The molecule has 0 aromatic heterocycles. The Kier molecular flexibility index (Phi) is 4.33. The van der Waals surface area contributed by atoms with Crippen LogP contribution in [-0.2, 0) is 4.79 Å². The van der Waals surface area contributed by atoms with Gasteiger partial charge in [0.15, 0.2) is 0 Å². The lowest BCUT2D eigenvalue weighted by atomic mass is 9.91. The number of benzene rings is 1. The van der Waals surface area contributed by atoms with Crippen molar-refractivity contribution >= 4 is 5.91 Å². The summed E-state index contributed by atoms with van der Waals surface area (Å²) in [6.07, 6.45) is 1.56. The van der Waals surface area contributed by atoms with Crippen LogP contribution in [0, 0.1) is 11.6 Å². The van der Waals surface area contributed by atoms with Crippen molar-refractivity contribution in [3.63, 3.8) is 0 Å². The van der Waals surface area contributed by atoms with Crippen molar-refractivity contribution in [1.82, 2.24) is 4.90 Å². The van der Waals surface area contributed by atoms with E-state index in [4.69, 9.17) is 5.73 Å². The fraction of sp³-hybridized carbons (Fsp3) is 0.562. The fourth-order valence-electron chi connectivity index (χ4n) is 3.04. The lowest BCUT2D eigenvalue weighted by Crippen LogP contribution is -2.52. The maximum atomic E-state index is 14.2. The molecule has 116 valence electrons. The van der Waals surface area contributed by atoms with E-state index in [0.29, 0.717) is 19.3 Å². The molecule has 1 aromatic carbocycles. The van der Waals surface area contributed by atoms with Crippen LogP contribution < -0.4 is 5.73 Å². The van der Waals surface area contributed by atoms with Crippen molar-refractivity contribution in [2.75, 3.05) is 0 Å². The number of hydrogen-bond donors (Lipinski definition) is 1. The summed E-state index contributed by atoms with van der Waals surface area (Å²) in [7, 11) is 0. The molecule has 2 N–H and O–H groups in total. The van der Waals surface area contributed by atoms with Crippen LogP contribution >= 0.6 is 0 Å². The van der Waals surface area contributed by atoms with Gasteiger partial charge in [-0.25, -0.2) is 8.78 Å². The van der Waals surface area contributed by atoms with Gasteiger partial charge in [0.05, 0.1) is 6.04 Å². The minimum absolute atomic E-state index is 0.102. The number of carbonyl (C=O) groups is 1. The molecule has 21 heavy (non-hydrogen) atoms. The number of halogens is 2. The van der Waals surface area contributed by atoms with Gasteiger partial charge in [-0.2, -0.15) is 0 Å². The zero-order chi connectivity index (χ0) is 15.8. The molecule has 1 fully saturated rings. The van der Waals surface area contributed by atoms with Crippen LogP contribution in [0.4, 0.5) is 8.78 Å². The van der Waals surface area contributed by atoms with Crippen molar-refractivity contribution in [3.05, 3.63) is 35.4 Å². The van der Waals surface area contributed by atoms with Crippen LogP contribution in [0.1, 0.15) is 51.6 Å². The van der Waals surface area contributed by atoms with Gasteiger partial charge in [-0.1, -0.05) is 6.07 Å². The van der Waals surface area contributed by atoms with Gasteiger partial charge in [-0.3, -0.25) is 4.79 Å². The number of rotatable bonds is 1. The predicted octanol–water partition coefficient (Wildman–Crippen LogP) is 3.14. The first-order valence-electron chi connectivity index (χ1n) is 7.25. The summed E-state index contributed by atoms with van der Waals surface area (Å²) in [5.74, 6) is -1.41. The lowest BCUT2D eigenvalue weighted by molar-refractivity contribution is -0.139. The molecular weight excluding hydrogens is 274 g/mol. The number of hydrogen-bond acceptors (Lipinski definition) is 2. The molecule has 1 heterocycles. The fourth-order valence-corrected chi connectivity index (χ4v) is 3.04. The number of carbonyl (C=O) groups excluding carboxylic acids is 1. The normalized spacial score (nSPS) is 24.1. The van der Waals surface area contributed by atoms with Gasteiger partial charge in [0.1, 0.15) is 11.6 Å². The zero-order valence-corrected chi connectivity index (χ0v) is 12.7. The summed E-state index contributed by atoms with van der Waals surface area (Å²) in [6.45, 7) is 5.57. The van der Waals surface area contributed by atoms with E-state index in [-0.39, 0.29) is 11.5 Å². The van der Waals surface area contributed by atoms with Crippen LogP contribution in [0.3, 0.4) is 0 Å². The third-order valence-corrected chi connectivity index (χ3v) is 3.90. The van der Waals surface area contributed by atoms with Crippen LogP contribution in [0.5, 0.6) is 0 Å². The quantitative estimate of drug-likeness (QED) is 0.865. The molecule has 3 nitrogen and oxygen atoms in total. The third kappa shape index (κ3) is 3.07. The van der Waals surface area contributed by atoms with Gasteiger partial charge >= 0.3 is 0 Å². The van der Waals surface area contributed by atoms with E-state index >= 15 is 0 Å². The Labute approximate surface area is 124 Å². The molecule has 1 aliphatic heterocycles. The first kappa shape index (κ1) is 15.9. The van der Waals surface area contributed by atoms with Crippen molar-refractivity contribution in [2.24, 2.45) is 5.73 Å². The highest BCUT2D eigenvalue weighted by molar-refractivity contribution is 5.78. The Morgan fingerprint density at radius 2 is 1.81 bits per heavy atom. The standard InChI is InChI=1S/C16H22F2N2O/c1-16(2,3)20-13(21)9-5-8-12(19)15(20)14-10(17)6-4-7-11(14)18/h4,6-7,12,15H,5,8-9,19H2,1-3H3. The summed E-state index contributed by atoms with van der Waals surface area (Å²) in [5, 5.41) is 0. The minimum Gasteiger partial charge on any atom is -0.329 e. The molecule has 1 saturated heterocycles. The van der Waals surface area contributed by atoms with Crippen LogP contribution in [0.25, 0.3) is 0 Å². The zero-order valence-electron chi connectivity index (χ0n) is 12.7. The van der Waals surface area contributed by atoms with Gasteiger partial charge in [-0.15, -0.1) is 0 Å². The molecule has 2 unspecified atom stereocenters. The number of likely N-dealkylation sites (tertiary alicyclic amines) is 1. The summed E-state index contributed by atoms with van der Waals surface area (Å²) >= 11 is 0. The summed E-state index contributed by atoms with van der Waals surface area (Å²) < 4.78 is 28.4. The largest absolute Gasteiger partial charge is 0.329 e. The van der Waals surface area contributed by atoms with Gasteiger partial charge in [0.25, 0.3) is 0 Å². The molecule has 0 aliphatic carbocycles. The van der Waals surface area contributed by atoms with Gasteiger partial charge in [-0.05, 0) is 45.7 Å². The first-order valence-corrected chi connectivity index (χ1v) is 7.25. The van der Waals surface area contributed by atoms with Crippen LogP contribution in [0.15, 0.2) is 18.2 Å². The highest BCUT2D eigenvalue weighted by Gasteiger charge is 2.41. The second kappa shape index (κ2) is 5.72. The molecular formula is C16H22F2N2O. The predicted molar refractivity (Wildman–Crippen MR) is 77.5 cm³/mol. The molecule has 0 spiro atoms. The summed E-state index contributed by atoms with van der Waals surface area (Å²) in [5.41, 5.74) is 5.51. The molecule has 0 bridgehead atoms. The van der Waals surface area contributed by atoms with Gasteiger partial charge in [0, 0.05) is 23.6 Å². The highest BCUT2D eigenvalue weighted by Crippen LogP contribution is 2.37. The van der Waals surface area contributed by atoms with E-state index in [0.717, 1.165) is 0 Å². The Bertz CT molecular complexity index is 519. The Balaban J connectivity index is 2.61. The monoisotopic (exact) mass is 296 g/mol. The van der Waals surface area contributed by atoms with E-state index in [1.54, 1.807) is 4.90 Å². The van der Waals surface area contributed by atoms with E-state index in [1.807, 2.05) is 20.8 Å². The van der Waals surface area contributed by atoms with Crippen LogP contribution in [-0.4, -0.2) is 22.4 Å². The molecule has 2 rings (SSSR count). The topological polar surface area (TPSA) is 46.3 Å². The van der Waals surface area contributed by atoms with Crippen molar-refractivity contribution in [2.45, 2.75) is 57.7 Å². The minimum atomic E-state index is -0.777. The molecule has 1 aliphatic rings. The average molecular weight is 296 g/mol. The number of nitrogens with zero attached hydrogens (tertiary/aromatic N) is 1. The van der Waals surface area contributed by atoms with Crippen LogP contribution in [0.2, 0.25) is 0 Å². The van der Waals surface area contributed by atoms with Crippen molar-refractivity contribution < 1.29 is 13.6 Å². The van der Waals surface area contributed by atoms with E-state index in [9.17, 15) is 13.6 Å². The third-order valence-electron chi connectivity index (χ3n) is 3.90. The van der Waals surface area contributed by atoms with Crippen molar-refractivity contribution in [3.8, 4) is 0 Å². The smallest absolute Gasteiger partial charge is 0.223 e. The van der Waals surface area contributed by atoms with Gasteiger partial charge < -0.3 is 10.6 Å². The van der Waals surface area contributed by atoms with E-state index < -0.39 is 29.3 Å². The molecule has 2 atom stereocenters. The SMILES string of the molecule is CC(C)(C)N1C(=O)CCCC(N)C1c1c(F)cccc1F. The molecule has 5 heteroatoms. The Hall–Kier alpha value is -1.49. The van der Waals surface area contributed by atoms with E-state index in [2.05, 4.69) is 0 Å². The second-order valence-electron chi connectivity index (χ2n) is 6.57. The first-order chi connectivity index (χ1) is 9.73. The van der Waals surface area contributed by atoms with Crippen molar-refractivity contribution in [1.29, 1.82) is 0 Å². The Morgan fingerprint density at radius 1 is 1.24 bits per heavy atom. The number of nitrogens with two attached hydrogens (primary N) is 1. The molecule has 0 saturated carbocycles. The Morgan fingerprint density at radius 3 is 2.33 bits per heavy atom. The lowest BCUT2D eigenvalue weighted by Gasteiger charge is -2.43. The average Bonchev–Trinajstić information content (AvgIpc) is 2.48. The molecule has 0 radical (unpaired) electrons. The highest BCUT2D eigenvalue weighted by atomic mass is 19.1. The maximum Gasteiger partial charge on any atom is 0.223 e. The number of amides is 1. The summed E-state index contributed by atoms with van der Waals surface area (Å²) in [6, 6.07) is 2.48. The van der Waals surface area contributed by atoms with Gasteiger partial charge in [0.2, 0.25) is 5.91 Å². The molecule has 1 amide bonds. The van der Waals surface area contributed by atoms with E-state index in [1.165, 1.54) is 18.2 Å². The summed E-state index contributed by atoms with van der Waals surface area (Å²) in [4.78, 5) is 14.0. The molecule has 1 aromatic rings. The maximum absolute atomic E-state index is 14.2.